The van der Waals surface area contributed by atoms with Gasteiger partial charge in [-0.25, -0.2) is 4.57 Å². The van der Waals surface area contributed by atoms with E-state index >= 15 is 0 Å². The smallest absolute Gasteiger partial charge is 0.466 e. The summed E-state index contributed by atoms with van der Waals surface area (Å²) in [6, 6.07) is 0. The van der Waals surface area contributed by atoms with Crippen molar-refractivity contribution in [2.24, 2.45) is 0 Å². The first kappa shape index (κ1) is 52.1. The van der Waals surface area contributed by atoms with Crippen molar-refractivity contribution in [2.45, 2.75) is 200 Å². The molecule has 0 saturated carbocycles. The van der Waals surface area contributed by atoms with Crippen LogP contribution in [0.3, 0.4) is 0 Å². The summed E-state index contributed by atoms with van der Waals surface area (Å²) in [4.78, 5) is 35.5. The van der Waals surface area contributed by atoms with Crippen LogP contribution in [0.15, 0.2) is 16.6 Å². The number of phosphoric acid groups is 1. The van der Waals surface area contributed by atoms with Gasteiger partial charge in [0.1, 0.15) is 31.3 Å². The molecule has 1 N–H and O–H groups in total. The van der Waals surface area contributed by atoms with Crippen molar-refractivity contribution >= 4 is 19.8 Å². The minimum Gasteiger partial charge on any atom is -0.466 e. The number of ether oxygens (including phenoxy) is 3. The van der Waals surface area contributed by atoms with E-state index in [0.717, 1.165) is 95.0 Å². The highest BCUT2D eigenvalue weighted by molar-refractivity contribution is 7.47. The molecule has 336 valence electrons. The second-order valence-electron chi connectivity index (χ2n) is 17.4. The standard InChI is InChI=1S/C46H82NO10P/c1-8-10-23-30-43-44(57-43)31-25-20-16-12-13-17-21-26-32-45(48)52-36-40(37-54-58(50,51)53-35-34-47(5,6)7)55-46(49)33-27-22-18-14-11-15-19-24-29-42-39(4)38(3)41(56-42)28-9-2/h20,25,40,43-44H,8-19,21-24,26-37H2,1-7H3/p+1/b25-20-/t40-,43?,44?/m1/s1. The lowest BCUT2D eigenvalue weighted by Gasteiger charge is -2.24. The fraction of sp³-hybridized carbons (Fsp3) is 0.826. The van der Waals surface area contributed by atoms with Crippen molar-refractivity contribution in [3.63, 3.8) is 0 Å². The van der Waals surface area contributed by atoms with Gasteiger partial charge in [-0.05, 0) is 76.3 Å². The zero-order chi connectivity index (χ0) is 42.7. The van der Waals surface area contributed by atoms with Crippen molar-refractivity contribution in [3.8, 4) is 0 Å². The molecule has 0 bridgehead atoms. The number of esters is 2. The molecule has 3 unspecified atom stereocenters. The molecule has 0 spiro atoms. The van der Waals surface area contributed by atoms with Crippen LogP contribution in [0.4, 0.5) is 0 Å². The molecular formula is C46H83NO10P+. The van der Waals surface area contributed by atoms with Crippen molar-refractivity contribution in [3.05, 3.63) is 34.8 Å². The molecule has 11 nitrogen and oxygen atoms in total. The quantitative estimate of drug-likeness (QED) is 0.0172. The van der Waals surface area contributed by atoms with Gasteiger partial charge in [0.05, 0.1) is 40.0 Å². The maximum absolute atomic E-state index is 12.8. The Hall–Kier alpha value is -2.01. The van der Waals surface area contributed by atoms with Gasteiger partial charge in [0.2, 0.25) is 0 Å². The number of quaternary nitrogens is 1. The number of hydrogen-bond acceptors (Lipinski definition) is 9. The third-order valence-corrected chi connectivity index (χ3v) is 11.9. The molecule has 1 fully saturated rings. The van der Waals surface area contributed by atoms with E-state index in [2.05, 4.69) is 39.8 Å². The average Bonchev–Trinajstić information content (AvgIpc) is 3.86. The fourth-order valence-corrected chi connectivity index (χ4v) is 7.69. The zero-order valence-electron chi connectivity index (χ0n) is 37.7. The molecule has 1 aromatic rings. The van der Waals surface area contributed by atoms with E-state index < -0.39 is 32.5 Å². The van der Waals surface area contributed by atoms with E-state index in [-0.39, 0.29) is 26.1 Å². The number of rotatable bonds is 37. The van der Waals surface area contributed by atoms with Crippen LogP contribution < -0.4 is 0 Å². The van der Waals surface area contributed by atoms with Crippen LogP contribution in [0.2, 0.25) is 0 Å². The van der Waals surface area contributed by atoms with Crippen LogP contribution in [0, 0.1) is 13.8 Å². The number of nitrogens with zero attached hydrogens (tertiary/aromatic N) is 1. The summed E-state index contributed by atoms with van der Waals surface area (Å²) >= 11 is 0. The molecule has 1 saturated heterocycles. The van der Waals surface area contributed by atoms with Gasteiger partial charge in [0.25, 0.3) is 0 Å². The van der Waals surface area contributed by atoms with E-state index in [1.54, 1.807) is 0 Å². The molecular weight excluding hydrogens is 757 g/mol. The predicted molar refractivity (Wildman–Crippen MR) is 232 cm³/mol. The van der Waals surface area contributed by atoms with Crippen LogP contribution in [0.1, 0.15) is 178 Å². The number of aryl methyl sites for hydroxylation is 2. The van der Waals surface area contributed by atoms with Crippen molar-refractivity contribution < 1.29 is 51.2 Å². The van der Waals surface area contributed by atoms with E-state index in [9.17, 15) is 19.0 Å². The molecule has 2 rings (SSSR count). The number of likely N-dealkylation sites (N-methyl/N-ethyl adjacent to an activating group) is 1. The van der Waals surface area contributed by atoms with Crippen LogP contribution in [0.5, 0.6) is 0 Å². The number of carbonyl (C=O) groups excluding carboxylic acids is 2. The lowest BCUT2D eigenvalue weighted by atomic mass is 10.0. The number of unbranched alkanes of at least 4 members (excludes halogenated alkanes) is 14. The third-order valence-electron chi connectivity index (χ3n) is 10.9. The number of phosphoric ester groups is 1. The number of hydrogen-bond donors (Lipinski definition) is 1. The predicted octanol–water partition coefficient (Wildman–Crippen LogP) is 11.2. The lowest BCUT2D eigenvalue weighted by molar-refractivity contribution is -0.870. The number of epoxide rings is 1. The molecule has 58 heavy (non-hydrogen) atoms. The first-order valence-electron chi connectivity index (χ1n) is 22.9. The van der Waals surface area contributed by atoms with Gasteiger partial charge in [-0.3, -0.25) is 18.6 Å². The fourth-order valence-electron chi connectivity index (χ4n) is 6.95. The van der Waals surface area contributed by atoms with Gasteiger partial charge >= 0.3 is 19.8 Å². The summed E-state index contributed by atoms with van der Waals surface area (Å²) < 4.78 is 46.3. The van der Waals surface area contributed by atoms with Crippen LogP contribution in [-0.4, -0.2) is 87.1 Å². The maximum atomic E-state index is 12.8. The monoisotopic (exact) mass is 841 g/mol. The minimum absolute atomic E-state index is 0.0210. The summed E-state index contributed by atoms with van der Waals surface area (Å²) in [5, 5.41) is 0. The highest BCUT2D eigenvalue weighted by Crippen LogP contribution is 2.43. The van der Waals surface area contributed by atoms with E-state index in [0.29, 0.717) is 36.1 Å². The average molecular weight is 841 g/mol. The molecule has 2 heterocycles. The first-order chi connectivity index (χ1) is 27.7. The van der Waals surface area contributed by atoms with Crippen molar-refractivity contribution in [1.29, 1.82) is 0 Å². The van der Waals surface area contributed by atoms with Crippen LogP contribution in [0.25, 0.3) is 0 Å². The highest BCUT2D eigenvalue weighted by Gasteiger charge is 2.36. The second-order valence-corrected chi connectivity index (χ2v) is 18.9. The second kappa shape index (κ2) is 30.1. The van der Waals surface area contributed by atoms with Gasteiger partial charge in [-0.2, -0.15) is 0 Å². The Bertz CT molecular complexity index is 1340. The molecule has 0 radical (unpaired) electrons. The number of furan rings is 1. The Labute approximate surface area is 352 Å². The lowest BCUT2D eigenvalue weighted by Crippen LogP contribution is -2.37. The van der Waals surface area contributed by atoms with E-state index in [4.69, 9.17) is 27.7 Å². The Kier molecular flexibility index (Phi) is 27.0. The Balaban J connectivity index is 1.61. The Morgan fingerprint density at radius 2 is 1.33 bits per heavy atom. The number of carbonyl (C=O) groups is 2. The summed E-state index contributed by atoms with van der Waals surface area (Å²) in [5.41, 5.74) is 2.63. The molecule has 1 aromatic heterocycles. The minimum atomic E-state index is -4.39. The Morgan fingerprint density at radius 1 is 0.724 bits per heavy atom. The molecule has 1 aliphatic heterocycles. The zero-order valence-corrected chi connectivity index (χ0v) is 38.6. The van der Waals surface area contributed by atoms with Gasteiger partial charge in [-0.1, -0.05) is 103 Å². The van der Waals surface area contributed by atoms with Crippen molar-refractivity contribution in [1.82, 2.24) is 0 Å². The molecule has 0 amide bonds. The largest absolute Gasteiger partial charge is 0.472 e. The summed E-state index contributed by atoms with van der Waals surface area (Å²) in [7, 11) is 1.44. The van der Waals surface area contributed by atoms with Crippen LogP contribution >= 0.6 is 7.82 Å². The van der Waals surface area contributed by atoms with Gasteiger partial charge in [0, 0.05) is 25.7 Å². The van der Waals surface area contributed by atoms with E-state index in [1.165, 1.54) is 56.1 Å². The molecule has 0 aliphatic carbocycles. The molecule has 12 heteroatoms. The molecule has 0 aromatic carbocycles. The van der Waals surface area contributed by atoms with Crippen molar-refractivity contribution in [2.75, 3.05) is 47.5 Å². The van der Waals surface area contributed by atoms with Gasteiger partial charge < -0.3 is 28.0 Å². The van der Waals surface area contributed by atoms with Gasteiger partial charge in [-0.15, -0.1) is 0 Å². The van der Waals surface area contributed by atoms with E-state index in [1.807, 2.05) is 21.1 Å². The first-order valence-corrected chi connectivity index (χ1v) is 24.4. The summed E-state index contributed by atoms with van der Waals surface area (Å²) in [6.45, 7) is 8.60. The van der Waals surface area contributed by atoms with Gasteiger partial charge in [0.15, 0.2) is 6.10 Å². The summed E-state index contributed by atoms with van der Waals surface area (Å²) in [5.74, 6) is 1.45. The molecule has 1 aliphatic rings. The van der Waals surface area contributed by atoms with Crippen LogP contribution in [-0.2, 0) is 50.3 Å². The topological polar surface area (TPSA) is 134 Å². The third kappa shape index (κ3) is 25.6. The normalized spacial score (nSPS) is 17.1. The summed E-state index contributed by atoms with van der Waals surface area (Å²) in [6.07, 6.45) is 28.4. The maximum Gasteiger partial charge on any atom is 0.472 e. The SMILES string of the molecule is CCCCCC1OC1C/C=C\CCCCCCCC(=O)OC[C@H](COP(=O)(O)OCC[N+](C)(C)C)OC(=O)CCCCCCCCCCc1oc(CCC)c(C)c1C. The molecule has 4 atom stereocenters. The number of allylic oxidation sites excluding steroid dienone is 1. The highest BCUT2D eigenvalue weighted by atomic mass is 31.2. The Morgan fingerprint density at radius 3 is 1.97 bits per heavy atom.